The van der Waals surface area contributed by atoms with Gasteiger partial charge in [0.2, 0.25) is 5.95 Å². The second kappa shape index (κ2) is 11.3. The number of aliphatic hydroxyl groups is 1. The van der Waals surface area contributed by atoms with E-state index in [1.807, 2.05) is 6.92 Å². The molecule has 3 rings (SSSR count). The first kappa shape index (κ1) is 26.8. The third-order valence-corrected chi connectivity index (χ3v) is 6.22. The van der Waals surface area contributed by atoms with Gasteiger partial charge in [-0.3, -0.25) is 0 Å². The van der Waals surface area contributed by atoms with Gasteiger partial charge in [-0.1, -0.05) is 34.8 Å². The maximum absolute atomic E-state index is 13.4. The predicted molar refractivity (Wildman–Crippen MR) is 140 cm³/mol. The lowest BCUT2D eigenvalue weighted by atomic mass is 10.0. The molecule has 0 bridgehead atoms. The summed E-state index contributed by atoms with van der Waals surface area (Å²) < 4.78 is 5.23. The summed E-state index contributed by atoms with van der Waals surface area (Å²) in [5.41, 5.74) is 0.0605. The molecule has 1 heterocycles. The number of halogens is 3. The van der Waals surface area contributed by atoms with Gasteiger partial charge >= 0.3 is 6.03 Å². The molecule has 2 amide bonds. The first-order valence-corrected chi connectivity index (χ1v) is 11.8. The summed E-state index contributed by atoms with van der Waals surface area (Å²) in [6.07, 6.45) is 1.53. The number of aromatic nitrogens is 2. The molecule has 1 atom stereocenters. The molecule has 0 aliphatic rings. The van der Waals surface area contributed by atoms with Gasteiger partial charge < -0.3 is 20.5 Å². The Morgan fingerprint density at radius 2 is 1.77 bits per heavy atom. The van der Waals surface area contributed by atoms with Crippen LogP contribution in [0.15, 0.2) is 48.7 Å². The summed E-state index contributed by atoms with van der Waals surface area (Å²) in [4.78, 5) is 23.5. The highest BCUT2D eigenvalue weighted by Crippen LogP contribution is 2.30. The van der Waals surface area contributed by atoms with Crippen molar-refractivity contribution in [2.24, 2.45) is 0 Å². The second-order valence-corrected chi connectivity index (χ2v) is 9.55. The lowest BCUT2D eigenvalue weighted by Crippen LogP contribution is -2.40. The van der Waals surface area contributed by atoms with Crippen LogP contribution in [0.5, 0.6) is 5.75 Å². The maximum Gasteiger partial charge on any atom is 0.327 e. The van der Waals surface area contributed by atoms with Gasteiger partial charge in [0.15, 0.2) is 0 Å². The summed E-state index contributed by atoms with van der Waals surface area (Å²) in [5, 5.41) is 17.2. The van der Waals surface area contributed by atoms with E-state index in [-0.39, 0.29) is 18.5 Å². The molecule has 3 aromatic rings. The van der Waals surface area contributed by atoms with Gasteiger partial charge in [0.1, 0.15) is 11.6 Å². The molecule has 0 aliphatic carbocycles. The topological polar surface area (TPSA) is 99.6 Å². The minimum atomic E-state index is -1.01. The van der Waals surface area contributed by atoms with E-state index in [0.717, 1.165) is 0 Å². The Labute approximate surface area is 219 Å². The second-order valence-electron chi connectivity index (χ2n) is 8.30. The minimum Gasteiger partial charge on any atom is -0.497 e. The first-order chi connectivity index (χ1) is 16.5. The van der Waals surface area contributed by atoms with Crippen LogP contribution in [-0.4, -0.2) is 39.9 Å². The zero-order chi connectivity index (χ0) is 25.8. The Hall–Kier alpha value is -2.78. The van der Waals surface area contributed by atoms with Crippen molar-refractivity contribution in [3.63, 3.8) is 0 Å². The molecule has 0 fully saturated rings. The molecule has 35 heavy (non-hydrogen) atoms. The number of hydrogen-bond donors (Lipinski definition) is 3. The number of carbonyl (C=O) groups excluding carboxylic acids is 1. The fraction of sp³-hybridized carbons (Fsp3) is 0.292. The molecule has 2 aromatic carbocycles. The average molecular weight is 539 g/mol. The van der Waals surface area contributed by atoms with Crippen molar-refractivity contribution in [2.75, 3.05) is 17.3 Å². The SMILES string of the molecule is COc1ccc(N(C(=O)NCc2c(Cl)cc(Cl)cc2Cl)c2ccnc(N[C@@H](C)C(C)(C)O)n2)cc1. The Balaban J connectivity index is 1.93. The predicted octanol–water partition coefficient (Wildman–Crippen LogP) is 6.06. The van der Waals surface area contributed by atoms with Crippen molar-refractivity contribution in [1.29, 1.82) is 0 Å². The van der Waals surface area contributed by atoms with Crippen LogP contribution in [0.4, 0.5) is 22.2 Å². The lowest BCUT2D eigenvalue weighted by molar-refractivity contribution is 0.0646. The van der Waals surface area contributed by atoms with Crippen LogP contribution < -0.4 is 20.3 Å². The van der Waals surface area contributed by atoms with Crippen LogP contribution in [0.2, 0.25) is 15.1 Å². The van der Waals surface area contributed by atoms with Crippen molar-refractivity contribution in [1.82, 2.24) is 15.3 Å². The largest absolute Gasteiger partial charge is 0.497 e. The number of amides is 2. The summed E-state index contributed by atoms with van der Waals surface area (Å²) in [5.74, 6) is 1.20. The molecule has 1 aromatic heterocycles. The van der Waals surface area contributed by atoms with Crippen molar-refractivity contribution in [2.45, 2.75) is 39.0 Å². The lowest BCUT2D eigenvalue weighted by Gasteiger charge is -2.27. The summed E-state index contributed by atoms with van der Waals surface area (Å²) in [7, 11) is 1.56. The van der Waals surface area contributed by atoms with Crippen molar-refractivity contribution >= 4 is 58.3 Å². The van der Waals surface area contributed by atoms with Crippen LogP contribution in [0.3, 0.4) is 0 Å². The molecule has 0 saturated heterocycles. The third-order valence-electron chi connectivity index (χ3n) is 5.33. The van der Waals surface area contributed by atoms with E-state index in [9.17, 15) is 9.90 Å². The number of ether oxygens (including phenoxy) is 1. The molecular formula is C24H26Cl3N5O3. The van der Waals surface area contributed by atoms with E-state index < -0.39 is 11.6 Å². The Morgan fingerprint density at radius 1 is 1.14 bits per heavy atom. The third kappa shape index (κ3) is 6.89. The number of urea groups is 1. The van der Waals surface area contributed by atoms with Crippen LogP contribution in [0, 0.1) is 0 Å². The normalized spacial score (nSPS) is 12.1. The van der Waals surface area contributed by atoms with Crippen LogP contribution in [0.25, 0.3) is 0 Å². The van der Waals surface area contributed by atoms with Crippen LogP contribution in [0.1, 0.15) is 26.3 Å². The van der Waals surface area contributed by atoms with E-state index in [1.54, 1.807) is 63.4 Å². The number of hydrogen-bond acceptors (Lipinski definition) is 6. The van der Waals surface area contributed by atoms with Crippen LogP contribution >= 0.6 is 34.8 Å². The summed E-state index contributed by atoms with van der Waals surface area (Å²) in [6.45, 7) is 5.23. The highest BCUT2D eigenvalue weighted by molar-refractivity contribution is 6.39. The average Bonchev–Trinajstić information content (AvgIpc) is 2.78. The molecule has 8 nitrogen and oxygen atoms in total. The highest BCUT2D eigenvalue weighted by atomic mass is 35.5. The van der Waals surface area contributed by atoms with Gasteiger partial charge in [-0.25, -0.2) is 14.7 Å². The maximum atomic E-state index is 13.4. The van der Waals surface area contributed by atoms with Crippen LogP contribution in [-0.2, 0) is 6.54 Å². The summed E-state index contributed by atoms with van der Waals surface area (Å²) in [6, 6.07) is 10.8. The molecule has 0 spiro atoms. The number of benzene rings is 2. The number of methoxy groups -OCH3 is 1. The molecular weight excluding hydrogens is 513 g/mol. The van der Waals surface area contributed by atoms with Crippen molar-refractivity contribution in [3.05, 3.63) is 69.3 Å². The fourth-order valence-corrected chi connectivity index (χ4v) is 3.93. The van der Waals surface area contributed by atoms with E-state index in [4.69, 9.17) is 39.5 Å². The molecule has 11 heteroatoms. The standard InChI is InChI=1S/C24H26Cl3N5O3/c1-14(24(2,3)34)30-22-28-10-9-21(31-22)32(16-5-7-17(35-4)8-6-16)23(33)29-13-18-19(26)11-15(25)12-20(18)27/h5-12,14,34H,13H2,1-4H3,(H,29,33)(H,28,30,31)/t14-/m0/s1. The Morgan fingerprint density at radius 3 is 2.34 bits per heavy atom. The number of rotatable bonds is 8. The summed E-state index contributed by atoms with van der Waals surface area (Å²) >= 11 is 18.5. The number of carbonyl (C=O) groups is 1. The van der Waals surface area contributed by atoms with E-state index in [2.05, 4.69) is 20.6 Å². The zero-order valence-electron chi connectivity index (χ0n) is 19.6. The smallest absolute Gasteiger partial charge is 0.327 e. The van der Waals surface area contributed by atoms with E-state index in [0.29, 0.717) is 37.9 Å². The van der Waals surface area contributed by atoms with E-state index >= 15 is 0 Å². The van der Waals surface area contributed by atoms with Crippen molar-refractivity contribution in [3.8, 4) is 5.75 Å². The minimum absolute atomic E-state index is 0.0618. The Kier molecular flexibility index (Phi) is 8.66. The molecule has 0 saturated carbocycles. The fourth-order valence-electron chi connectivity index (χ4n) is 2.98. The highest BCUT2D eigenvalue weighted by Gasteiger charge is 2.25. The monoisotopic (exact) mass is 537 g/mol. The zero-order valence-corrected chi connectivity index (χ0v) is 21.9. The van der Waals surface area contributed by atoms with Gasteiger partial charge in [-0.2, -0.15) is 4.98 Å². The van der Waals surface area contributed by atoms with Gasteiger partial charge in [0, 0.05) is 39.4 Å². The van der Waals surface area contributed by atoms with Gasteiger partial charge in [-0.05, 0) is 57.2 Å². The number of nitrogens with one attached hydrogen (secondary N) is 2. The first-order valence-electron chi connectivity index (χ1n) is 10.7. The quantitative estimate of drug-likeness (QED) is 0.322. The van der Waals surface area contributed by atoms with E-state index in [1.165, 1.54) is 11.1 Å². The van der Waals surface area contributed by atoms with Gasteiger partial charge in [0.25, 0.3) is 0 Å². The molecule has 0 aliphatic heterocycles. The Bertz CT molecular complexity index is 1160. The molecule has 3 N–H and O–H groups in total. The molecule has 0 radical (unpaired) electrons. The number of anilines is 3. The van der Waals surface area contributed by atoms with Gasteiger partial charge in [-0.15, -0.1) is 0 Å². The van der Waals surface area contributed by atoms with Crippen molar-refractivity contribution < 1.29 is 14.6 Å². The molecule has 186 valence electrons. The van der Waals surface area contributed by atoms with Gasteiger partial charge in [0.05, 0.1) is 24.4 Å². The molecule has 0 unspecified atom stereocenters. The number of nitrogens with zero attached hydrogens (tertiary/aromatic N) is 3.